The number of thiazole rings is 1. The molecule has 0 saturated heterocycles. The summed E-state index contributed by atoms with van der Waals surface area (Å²) in [6, 6.07) is 6.01. The van der Waals surface area contributed by atoms with E-state index >= 15 is 0 Å². The Labute approximate surface area is 122 Å². The Morgan fingerprint density at radius 1 is 1.25 bits per heavy atom. The molecule has 1 aliphatic carbocycles. The molecule has 0 radical (unpaired) electrons. The number of pyridine rings is 1. The minimum Gasteiger partial charge on any atom is -0.348 e. The van der Waals surface area contributed by atoms with E-state index in [0.29, 0.717) is 11.7 Å². The summed E-state index contributed by atoms with van der Waals surface area (Å²) in [5.41, 5.74) is 1.32. The van der Waals surface area contributed by atoms with E-state index in [9.17, 15) is 4.79 Å². The number of hydrogen-bond acceptors (Lipinski definition) is 4. The molecule has 5 heteroatoms. The molecule has 0 atom stereocenters. The summed E-state index contributed by atoms with van der Waals surface area (Å²) < 4.78 is 0. The fourth-order valence-electron chi connectivity index (χ4n) is 2.49. The van der Waals surface area contributed by atoms with Gasteiger partial charge in [-0.15, -0.1) is 11.3 Å². The molecule has 0 unspecified atom stereocenters. The third kappa shape index (κ3) is 3.04. The van der Waals surface area contributed by atoms with Crippen molar-refractivity contribution in [3.63, 3.8) is 0 Å². The minimum absolute atomic E-state index is 0.0599. The van der Waals surface area contributed by atoms with Crippen molar-refractivity contribution in [2.45, 2.75) is 38.1 Å². The molecule has 2 aromatic heterocycles. The molecule has 1 aliphatic rings. The number of amides is 1. The van der Waals surface area contributed by atoms with E-state index < -0.39 is 0 Å². The first-order valence-corrected chi connectivity index (χ1v) is 7.89. The highest BCUT2D eigenvalue weighted by Gasteiger charge is 2.18. The largest absolute Gasteiger partial charge is 0.348 e. The summed E-state index contributed by atoms with van der Waals surface area (Å²) in [7, 11) is 0. The van der Waals surface area contributed by atoms with Gasteiger partial charge in [0.05, 0.1) is 5.69 Å². The second-order valence-electron chi connectivity index (χ2n) is 5.06. The molecule has 0 aliphatic heterocycles. The summed E-state index contributed by atoms with van der Waals surface area (Å²) in [6.07, 6.45) is 7.61. The Morgan fingerprint density at radius 3 is 2.85 bits per heavy atom. The van der Waals surface area contributed by atoms with Gasteiger partial charge < -0.3 is 5.32 Å². The quantitative estimate of drug-likeness (QED) is 0.942. The van der Waals surface area contributed by atoms with Crippen molar-refractivity contribution in [3.05, 3.63) is 35.5 Å². The van der Waals surface area contributed by atoms with Crippen molar-refractivity contribution in [2.24, 2.45) is 0 Å². The van der Waals surface area contributed by atoms with Gasteiger partial charge in [0.1, 0.15) is 10.7 Å². The maximum atomic E-state index is 12.2. The van der Waals surface area contributed by atoms with Crippen LogP contribution in [0.4, 0.5) is 0 Å². The monoisotopic (exact) mass is 287 g/mol. The van der Waals surface area contributed by atoms with Crippen LogP contribution in [0.15, 0.2) is 29.8 Å². The molecule has 0 bridgehead atoms. The maximum absolute atomic E-state index is 12.2. The van der Waals surface area contributed by atoms with Gasteiger partial charge in [-0.2, -0.15) is 0 Å². The van der Waals surface area contributed by atoms with Crippen molar-refractivity contribution in [3.8, 4) is 10.7 Å². The van der Waals surface area contributed by atoms with Crippen LogP contribution in [-0.2, 0) is 0 Å². The van der Waals surface area contributed by atoms with E-state index in [1.165, 1.54) is 30.6 Å². The average Bonchev–Trinajstić information content (AvgIpc) is 2.99. The van der Waals surface area contributed by atoms with E-state index in [2.05, 4.69) is 15.3 Å². The topological polar surface area (TPSA) is 54.9 Å². The van der Waals surface area contributed by atoms with Crippen LogP contribution in [0, 0.1) is 0 Å². The van der Waals surface area contributed by atoms with Crippen LogP contribution >= 0.6 is 11.3 Å². The van der Waals surface area contributed by atoms with Gasteiger partial charge in [-0.25, -0.2) is 4.98 Å². The predicted molar refractivity (Wildman–Crippen MR) is 79.7 cm³/mol. The van der Waals surface area contributed by atoms with Crippen molar-refractivity contribution in [2.75, 3.05) is 0 Å². The van der Waals surface area contributed by atoms with E-state index in [0.717, 1.165) is 23.5 Å². The zero-order chi connectivity index (χ0) is 13.8. The Bertz CT molecular complexity index is 576. The van der Waals surface area contributed by atoms with Crippen molar-refractivity contribution in [1.29, 1.82) is 0 Å². The molecule has 104 valence electrons. The van der Waals surface area contributed by atoms with E-state index in [1.807, 2.05) is 23.6 Å². The molecule has 0 spiro atoms. The molecule has 0 aromatic carbocycles. The lowest BCUT2D eigenvalue weighted by Crippen LogP contribution is -2.36. The number of aromatic nitrogens is 2. The average molecular weight is 287 g/mol. The van der Waals surface area contributed by atoms with Crippen LogP contribution in [0.25, 0.3) is 10.7 Å². The first kappa shape index (κ1) is 13.2. The third-order valence-corrected chi connectivity index (χ3v) is 4.43. The fourth-order valence-corrected chi connectivity index (χ4v) is 3.27. The van der Waals surface area contributed by atoms with Gasteiger partial charge in [-0.05, 0) is 25.0 Å². The molecular formula is C15H17N3OS. The number of nitrogens with one attached hydrogen (secondary N) is 1. The number of hydrogen-bond donors (Lipinski definition) is 1. The second-order valence-corrected chi connectivity index (χ2v) is 5.92. The Hall–Kier alpha value is -1.75. The Morgan fingerprint density at radius 2 is 2.10 bits per heavy atom. The third-order valence-electron chi connectivity index (χ3n) is 3.56. The lowest BCUT2D eigenvalue weighted by molar-refractivity contribution is 0.0923. The van der Waals surface area contributed by atoms with Crippen LogP contribution < -0.4 is 5.32 Å². The fraction of sp³-hybridized carbons (Fsp3) is 0.400. The smallest absolute Gasteiger partial charge is 0.270 e. The van der Waals surface area contributed by atoms with Crippen LogP contribution in [0.3, 0.4) is 0 Å². The highest BCUT2D eigenvalue weighted by molar-refractivity contribution is 7.13. The van der Waals surface area contributed by atoms with Gasteiger partial charge >= 0.3 is 0 Å². The predicted octanol–water partition coefficient (Wildman–Crippen LogP) is 3.27. The van der Waals surface area contributed by atoms with Gasteiger partial charge in [0, 0.05) is 17.6 Å². The van der Waals surface area contributed by atoms with Crippen LogP contribution in [0.1, 0.15) is 42.6 Å². The van der Waals surface area contributed by atoms with E-state index in [-0.39, 0.29) is 5.91 Å². The summed E-state index contributed by atoms with van der Waals surface area (Å²) in [5.74, 6) is -0.0599. The number of nitrogens with zero attached hydrogens (tertiary/aromatic N) is 2. The Kier molecular flexibility index (Phi) is 4.06. The SMILES string of the molecule is O=C(NC1CCCCC1)c1csc(-c2ccccn2)n1. The second kappa shape index (κ2) is 6.13. The van der Waals surface area contributed by atoms with E-state index in [1.54, 1.807) is 6.20 Å². The van der Waals surface area contributed by atoms with Gasteiger partial charge in [0.25, 0.3) is 5.91 Å². The zero-order valence-electron chi connectivity index (χ0n) is 11.2. The van der Waals surface area contributed by atoms with Crippen molar-refractivity contribution >= 4 is 17.2 Å². The molecule has 3 rings (SSSR count). The van der Waals surface area contributed by atoms with Crippen LogP contribution in [0.2, 0.25) is 0 Å². The first-order chi connectivity index (χ1) is 9.83. The Balaban J connectivity index is 1.68. The molecule has 20 heavy (non-hydrogen) atoms. The van der Waals surface area contributed by atoms with Crippen molar-refractivity contribution in [1.82, 2.24) is 15.3 Å². The molecule has 2 aromatic rings. The lowest BCUT2D eigenvalue weighted by atomic mass is 9.95. The van der Waals surface area contributed by atoms with Gasteiger partial charge in [-0.3, -0.25) is 9.78 Å². The highest BCUT2D eigenvalue weighted by atomic mass is 32.1. The van der Waals surface area contributed by atoms with Crippen LogP contribution in [0.5, 0.6) is 0 Å². The molecule has 1 amide bonds. The summed E-state index contributed by atoms with van der Waals surface area (Å²) in [6.45, 7) is 0. The van der Waals surface area contributed by atoms with Gasteiger partial charge in [0.15, 0.2) is 0 Å². The van der Waals surface area contributed by atoms with Gasteiger partial charge in [-0.1, -0.05) is 25.3 Å². The van der Waals surface area contributed by atoms with Gasteiger partial charge in [0.2, 0.25) is 0 Å². The summed E-state index contributed by atoms with van der Waals surface area (Å²) in [5, 5.41) is 5.68. The number of carbonyl (C=O) groups excluding carboxylic acids is 1. The first-order valence-electron chi connectivity index (χ1n) is 7.01. The molecule has 2 heterocycles. The van der Waals surface area contributed by atoms with E-state index in [4.69, 9.17) is 0 Å². The maximum Gasteiger partial charge on any atom is 0.270 e. The standard InChI is InChI=1S/C15H17N3OS/c19-14(17-11-6-2-1-3-7-11)13-10-20-15(18-13)12-8-4-5-9-16-12/h4-5,8-11H,1-3,6-7H2,(H,17,19). The zero-order valence-corrected chi connectivity index (χ0v) is 12.0. The molecular weight excluding hydrogens is 270 g/mol. The summed E-state index contributed by atoms with van der Waals surface area (Å²) >= 11 is 1.46. The molecule has 1 fully saturated rings. The summed E-state index contributed by atoms with van der Waals surface area (Å²) in [4.78, 5) is 20.8. The number of carbonyl (C=O) groups is 1. The molecule has 1 N–H and O–H groups in total. The molecule has 1 saturated carbocycles. The van der Waals surface area contributed by atoms with Crippen LogP contribution in [-0.4, -0.2) is 21.9 Å². The minimum atomic E-state index is -0.0599. The lowest BCUT2D eigenvalue weighted by Gasteiger charge is -2.22. The molecule has 4 nitrogen and oxygen atoms in total. The highest BCUT2D eigenvalue weighted by Crippen LogP contribution is 2.22. The van der Waals surface area contributed by atoms with Crippen molar-refractivity contribution < 1.29 is 4.79 Å². The number of rotatable bonds is 3. The normalized spacial score (nSPS) is 16.0.